The predicted molar refractivity (Wildman–Crippen MR) is 78.0 cm³/mol. The molecule has 104 valence electrons. The summed E-state index contributed by atoms with van der Waals surface area (Å²) in [6.45, 7) is 0. The molecule has 0 amide bonds. The molecule has 4 nitrogen and oxygen atoms in total. The zero-order chi connectivity index (χ0) is 14.7. The van der Waals surface area contributed by atoms with Crippen molar-refractivity contribution in [2.45, 2.75) is 12.3 Å². The highest BCUT2D eigenvalue weighted by atomic mass is 79.9. The number of hydrogen-bond acceptors (Lipinski definition) is 3. The molecule has 20 heavy (non-hydrogen) atoms. The molecule has 0 aromatic heterocycles. The third-order valence-corrected chi connectivity index (χ3v) is 3.59. The Bertz CT molecular complexity index is 622. The van der Waals surface area contributed by atoms with Gasteiger partial charge in [-0.1, -0.05) is 34.1 Å². The van der Waals surface area contributed by atoms with Gasteiger partial charge in [0.2, 0.25) is 0 Å². The maximum absolute atomic E-state index is 11.4. The first kappa shape index (κ1) is 14.4. The van der Waals surface area contributed by atoms with Crippen LogP contribution in [0.1, 0.15) is 17.0 Å². The number of aliphatic carboxylic acids is 1. The molecule has 0 radical (unpaired) electrons. The van der Waals surface area contributed by atoms with Gasteiger partial charge in [0.25, 0.3) is 0 Å². The van der Waals surface area contributed by atoms with Crippen LogP contribution in [-0.4, -0.2) is 21.3 Å². The molecule has 0 heterocycles. The molecule has 0 spiro atoms. The van der Waals surface area contributed by atoms with Gasteiger partial charge in [-0.3, -0.25) is 4.79 Å². The smallest absolute Gasteiger partial charge is 0.311 e. The maximum Gasteiger partial charge on any atom is 0.311 e. The fourth-order valence-corrected chi connectivity index (χ4v) is 2.25. The Balaban J connectivity index is 2.30. The van der Waals surface area contributed by atoms with Gasteiger partial charge in [-0.15, -0.1) is 0 Å². The zero-order valence-electron chi connectivity index (χ0n) is 10.5. The van der Waals surface area contributed by atoms with Gasteiger partial charge in [0, 0.05) is 10.5 Å². The zero-order valence-corrected chi connectivity index (χ0v) is 12.0. The van der Waals surface area contributed by atoms with E-state index in [1.165, 1.54) is 18.2 Å². The van der Waals surface area contributed by atoms with E-state index < -0.39 is 11.9 Å². The monoisotopic (exact) mass is 336 g/mol. The van der Waals surface area contributed by atoms with Crippen molar-refractivity contribution < 1.29 is 20.1 Å². The first-order valence-electron chi connectivity index (χ1n) is 5.96. The van der Waals surface area contributed by atoms with Crippen LogP contribution in [0.25, 0.3) is 0 Å². The summed E-state index contributed by atoms with van der Waals surface area (Å²) in [4.78, 5) is 11.4. The van der Waals surface area contributed by atoms with Crippen LogP contribution in [0.5, 0.6) is 11.5 Å². The lowest BCUT2D eigenvalue weighted by Gasteiger charge is -2.14. The van der Waals surface area contributed by atoms with E-state index in [1.54, 1.807) is 24.3 Å². The van der Waals surface area contributed by atoms with Gasteiger partial charge in [0.1, 0.15) is 11.5 Å². The molecule has 0 fully saturated rings. The van der Waals surface area contributed by atoms with Crippen molar-refractivity contribution in [3.05, 3.63) is 58.1 Å². The quantitative estimate of drug-likeness (QED) is 0.800. The molecule has 0 bridgehead atoms. The second-order valence-corrected chi connectivity index (χ2v) is 5.38. The van der Waals surface area contributed by atoms with E-state index >= 15 is 0 Å². The molecule has 0 saturated heterocycles. The van der Waals surface area contributed by atoms with Crippen LogP contribution in [0.15, 0.2) is 46.9 Å². The molecule has 0 aliphatic carbocycles. The number of carboxylic acids is 1. The lowest BCUT2D eigenvalue weighted by atomic mass is 9.91. The van der Waals surface area contributed by atoms with Gasteiger partial charge in [-0.05, 0) is 35.7 Å². The fourth-order valence-electron chi connectivity index (χ4n) is 1.99. The summed E-state index contributed by atoms with van der Waals surface area (Å²) in [7, 11) is 0. The van der Waals surface area contributed by atoms with Gasteiger partial charge in [0.05, 0.1) is 5.92 Å². The summed E-state index contributed by atoms with van der Waals surface area (Å²) in [6, 6.07) is 11.2. The Morgan fingerprint density at radius 2 is 1.75 bits per heavy atom. The van der Waals surface area contributed by atoms with Crippen LogP contribution >= 0.6 is 15.9 Å². The van der Waals surface area contributed by atoms with Crippen molar-refractivity contribution in [2.24, 2.45) is 0 Å². The normalized spacial score (nSPS) is 12.1. The topological polar surface area (TPSA) is 77.8 Å². The summed E-state index contributed by atoms with van der Waals surface area (Å²) in [5.41, 5.74) is 1.14. The van der Waals surface area contributed by atoms with E-state index in [9.17, 15) is 20.1 Å². The lowest BCUT2D eigenvalue weighted by Crippen LogP contribution is -2.14. The SMILES string of the molecule is O=C(O)C(Cc1ccc(O)cc1O)c1ccc(Br)cc1. The maximum atomic E-state index is 11.4. The third-order valence-electron chi connectivity index (χ3n) is 3.06. The van der Waals surface area contributed by atoms with Crippen molar-refractivity contribution in [1.82, 2.24) is 0 Å². The van der Waals surface area contributed by atoms with E-state index in [0.29, 0.717) is 11.1 Å². The lowest BCUT2D eigenvalue weighted by molar-refractivity contribution is -0.138. The molecule has 0 aliphatic heterocycles. The van der Waals surface area contributed by atoms with Gasteiger partial charge in [-0.2, -0.15) is 0 Å². The van der Waals surface area contributed by atoms with Gasteiger partial charge in [0.15, 0.2) is 0 Å². The standard InChI is InChI=1S/C15H13BrO4/c16-11-4-1-9(2-5-11)13(15(19)20)7-10-3-6-12(17)8-14(10)18/h1-6,8,13,17-18H,7H2,(H,19,20). The van der Waals surface area contributed by atoms with Crippen LogP contribution < -0.4 is 0 Å². The Hall–Kier alpha value is -2.01. The number of benzene rings is 2. The molecule has 5 heteroatoms. The Kier molecular flexibility index (Phi) is 4.29. The molecule has 2 aromatic rings. The van der Waals surface area contributed by atoms with Crippen molar-refractivity contribution in [3.63, 3.8) is 0 Å². The number of carboxylic acid groups (broad SMARTS) is 1. The van der Waals surface area contributed by atoms with Crippen LogP contribution in [0.3, 0.4) is 0 Å². The second-order valence-electron chi connectivity index (χ2n) is 4.46. The van der Waals surface area contributed by atoms with Gasteiger partial charge in [-0.25, -0.2) is 0 Å². The first-order chi connectivity index (χ1) is 9.47. The Morgan fingerprint density at radius 1 is 1.10 bits per heavy atom. The molecule has 3 N–H and O–H groups in total. The van der Waals surface area contributed by atoms with Crippen LogP contribution in [0.4, 0.5) is 0 Å². The Labute approximate surface area is 124 Å². The van der Waals surface area contributed by atoms with E-state index in [-0.39, 0.29) is 17.9 Å². The molecule has 0 aliphatic rings. The largest absolute Gasteiger partial charge is 0.508 e. The average molecular weight is 337 g/mol. The Morgan fingerprint density at radius 3 is 2.30 bits per heavy atom. The van der Waals surface area contributed by atoms with Gasteiger partial charge >= 0.3 is 5.97 Å². The molecule has 2 rings (SSSR count). The highest BCUT2D eigenvalue weighted by Gasteiger charge is 2.21. The number of halogens is 1. The summed E-state index contributed by atoms with van der Waals surface area (Å²) < 4.78 is 0.873. The average Bonchev–Trinajstić information content (AvgIpc) is 2.39. The minimum Gasteiger partial charge on any atom is -0.508 e. The number of aromatic hydroxyl groups is 2. The highest BCUT2D eigenvalue weighted by molar-refractivity contribution is 9.10. The number of hydrogen-bond donors (Lipinski definition) is 3. The molecule has 2 aromatic carbocycles. The van der Waals surface area contributed by atoms with E-state index in [4.69, 9.17) is 0 Å². The number of rotatable bonds is 4. The summed E-state index contributed by atoms with van der Waals surface area (Å²) in [5, 5.41) is 28.4. The minimum atomic E-state index is -0.959. The highest BCUT2D eigenvalue weighted by Crippen LogP contribution is 2.29. The molecule has 0 saturated carbocycles. The summed E-state index contributed by atoms with van der Waals surface area (Å²) >= 11 is 3.30. The van der Waals surface area contributed by atoms with Gasteiger partial charge < -0.3 is 15.3 Å². The van der Waals surface area contributed by atoms with Crippen molar-refractivity contribution >= 4 is 21.9 Å². The molecule has 1 unspecified atom stereocenters. The number of carbonyl (C=O) groups is 1. The van der Waals surface area contributed by atoms with E-state index in [1.807, 2.05) is 0 Å². The van der Waals surface area contributed by atoms with Crippen LogP contribution in [-0.2, 0) is 11.2 Å². The molecular formula is C15H13BrO4. The van der Waals surface area contributed by atoms with Crippen LogP contribution in [0.2, 0.25) is 0 Å². The number of phenols is 2. The fraction of sp³-hybridized carbons (Fsp3) is 0.133. The summed E-state index contributed by atoms with van der Waals surface area (Å²) in [5.74, 6) is -1.87. The van der Waals surface area contributed by atoms with Crippen LogP contribution in [0, 0.1) is 0 Å². The first-order valence-corrected chi connectivity index (χ1v) is 6.76. The van der Waals surface area contributed by atoms with E-state index in [2.05, 4.69) is 15.9 Å². The minimum absolute atomic E-state index is 0.0539. The van der Waals surface area contributed by atoms with Crippen molar-refractivity contribution in [3.8, 4) is 11.5 Å². The van der Waals surface area contributed by atoms with Crippen molar-refractivity contribution in [1.29, 1.82) is 0 Å². The van der Waals surface area contributed by atoms with Crippen molar-refractivity contribution in [2.75, 3.05) is 0 Å². The molecule has 1 atom stereocenters. The van der Waals surface area contributed by atoms with E-state index in [0.717, 1.165) is 4.47 Å². The molecular weight excluding hydrogens is 324 g/mol. The third kappa shape index (κ3) is 3.30. The summed E-state index contributed by atoms with van der Waals surface area (Å²) in [6.07, 6.45) is 0.156. The second kappa shape index (κ2) is 5.96. The number of phenolic OH excluding ortho intramolecular Hbond substituents is 2. The predicted octanol–water partition coefficient (Wildman–Crippen LogP) is 3.27.